The normalized spacial score (nSPS) is 20.3. The Labute approximate surface area is 232 Å². The van der Waals surface area contributed by atoms with Gasteiger partial charge >= 0.3 is 0 Å². The lowest BCUT2D eigenvalue weighted by atomic mass is 9.88. The van der Waals surface area contributed by atoms with Gasteiger partial charge in [0.05, 0.1) is 0 Å². The van der Waals surface area contributed by atoms with Crippen molar-refractivity contribution >= 4 is 12.4 Å². The van der Waals surface area contributed by atoms with Crippen LogP contribution in [0.1, 0.15) is 61.1 Å². The Morgan fingerprint density at radius 2 is 1.82 bits per heavy atom. The number of aliphatic imine (C=N–C) groups is 2. The molecule has 2 aromatic rings. The van der Waals surface area contributed by atoms with Crippen LogP contribution < -0.4 is 0 Å². The predicted molar refractivity (Wildman–Crippen MR) is 164 cm³/mol. The number of aliphatic hydroxyl groups is 1. The van der Waals surface area contributed by atoms with Crippen molar-refractivity contribution in [3.05, 3.63) is 135 Å². The minimum atomic E-state index is -0.335. The molecule has 4 rings (SSSR count). The monoisotopic (exact) mass is 518 g/mol. The van der Waals surface area contributed by atoms with Crippen LogP contribution in [0.25, 0.3) is 0 Å². The number of aryl methyl sites for hydroxylation is 2. The first-order chi connectivity index (χ1) is 18.7. The summed E-state index contributed by atoms with van der Waals surface area (Å²) in [5.74, 6) is 0.337. The molecule has 200 valence electrons. The second-order valence-electron chi connectivity index (χ2n) is 10.4. The summed E-state index contributed by atoms with van der Waals surface area (Å²) < 4.78 is 0. The highest BCUT2D eigenvalue weighted by atomic mass is 16.3. The number of aromatic hydroxyl groups is 1. The molecule has 0 radical (unpaired) electrons. The Kier molecular flexibility index (Phi) is 8.65. The Bertz CT molecular complexity index is 1490. The number of hydrogen-bond donors (Lipinski definition) is 2. The average Bonchev–Trinajstić information content (AvgIpc) is 3.11. The van der Waals surface area contributed by atoms with Crippen molar-refractivity contribution in [1.82, 2.24) is 0 Å². The molecule has 39 heavy (non-hydrogen) atoms. The van der Waals surface area contributed by atoms with Crippen molar-refractivity contribution in [1.29, 1.82) is 0 Å². The van der Waals surface area contributed by atoms with Gasteiger partial charge in [0.15, 0.2) is 0 Å². The zero-order chi connectivity index (χ0) is 28.1. The largest absolute Gasteiger partial charge is 0.508 e. The van der Waals surface area contributed by atoms with E-state index in [9.17, 15) is 10.2 Å². The highest BCUT2D eigenvalue weighted by Crippen LogP contribution is 2.44. The van der Waals surface area contributed by atoms with E-state index in [4.69, 9.17) is 9.98 Å². The third-order valence-electron chi connectivity index (χ3n) is 7.38. The molecule has 0 bridgehead atoms. The topological polar surface area (TPSA) is 65.2 Å². The van der Waals surface area contributed by atoms with Crippen molar-refractivity contribution in [3.63, 3.8) is 0 Å². The molecule has 4 heteroatoms. The molecular weight excluding hydrogens is 480 g/mol. The fourth-order valence-electron chi connectivity index (χ4n) is 5.57. The lowest BCUT2D eigenvalue weighted by molar-refractivity contribution is 0.427. The van der Waals surface area contributed by atoms with Gasteiger partial charge in [-0.3, -0.25) is 9.98 Å². The van der Waals surface area contributed by atoms with E-state index in [0.717, 1.165) is 18.4 Å². The fourth-order valence-corrected chi connectivity index (χ4v) is 5.57. The van der Waals surface area contributed by atoms with E-state index in [2.05, 4.69) is 58.6 Å². The standard InChI is InChI=1S/C35H38N2O2/c1-7-11-26(30(38)8-2)20-36-34-32-24(5)15-14-22(3)17-28(32)19-29-18-23(4)16-25(6)33(29)35(34)37-21-27-12-9-10-13-31(27)39/h7-14,16-18,20-21,34-35,38-39H,1,15,19H2,2-6H3/b26-11-,30-8+,36-20?,37-21?/t34?,35-/m1/s1. The number of aliphatic hydroxyl groups excluding tert-OH is 1. The molecule has 0 saturated heterocycles. The lowest BCUT2D eigenvalue weighted by Crippen LogP contribution is -2.21. The van der Waals surface area contributed by atoms with Gasteiger partial charge in [0.25, 0.3) is 0 Å². The summed E-state index contributed by atoms with van der Waals surface area (Å²) in [5.41, 5.74) is 11.0. The molecule has 2 aliphatic carbocycles. The summed E-state index contributed by atoms with van der Waals surface area (Å²) in [4.78, 5) is 10.3. The molecule has 0 amide bonds. The summed E-state index contributed by atoms with van der Waals surface area (Å²) in [6, 6.07) is 11.0. The van der Waals surface area contributed by atoms with Crippen molar-refractivity contribution < 1.29 is 10.2 Å². The molecule has 1 unspecified atom stereocenters. The molecule has 2 aromatic carbocycles. The molecular formula is C35H38N2O2. The van der Waals surface area contributed by atoms with Gasteiger partial charge in [-0.2, -0.15) is 0 Å². The number of hydrogen-bond acceptors (Lipinski definition) is 4. The van der Waals surface area contributed by atoms with Crippen LogP contribution in [0.5, 0.6) is 5.75 Å². The predicted octanol–water partition coefficient (Wildman–Crippen LogP) is 8.33. The molecule has 0 aliphatic heterocycles. The van der Waals surface area contributed by atoms with Crippen LogP contribution in [0, 0.1) is 13.8 Å². The van der Waals surface area contributed by atoms with Gasteiger partial charge in [0.1, 0.15) is 23.6 Å². The van der Waals surface area contributed by atoms with E-state index in [1.807, 2.05) is 12.1 Å². The molecule has 4 nitrogen and oxygen atoms in total. The summed E-state index contributed by atoms with van der Waals surface area (Å²) in [6.07, 6.45) is 14.7. The molecule has 0 fully saturated rings. The minimum Gasteiger partial charge on any atom is -0.508 e. The van der Waals surface area contributed by atoms with E-state index in [-0.39, 0.29) is 23.6 Å². The second kappa shape index (κ2) is 12.1. The third kappa shape index (κ3) is 6.12. The number of benzene rings is 2. The van der Waals surface area contributed by atoms with Gasteiger partial charge in [-0.15, -0.1) is 0 Å². The summed E-state index contributed by atoms with van der Waals surface area (Å²) >= 11 is 0. The smallest absolute Gasteiger partial charge is 0.124 e. The maximum atomic E-state index is 10.5. The zero-order valence-electron chi connectivity index (χ0n) is 23.6. The summed E-state index contributed by atoms with van der Waals surface area (Å²) in [6.45, 7) is 14.2. The van der Waals surface area contributed by atoms with Gasteiger partial charge in [-0.25, -0.2) is 0 Å². The Morgan fingerprint density at radius 1 is 1.05 bits per heavy atom. The molecule has 2 N–H and O–H groups in total. The number of fused-ring (bicyclic) bond motifs is 2. The van der Waals surface area contributed by atoms with E-state index < -0.39 is 0 Å². The van der Waals surface area contributed by atoms with Crippen molar-refractivity contribution in [3.8, 4) is 5.75 Å². The fraction of sp³-hybridized carbons (Fsp3) is 0.257. The maximum absolute atomic E-state index is 10.5. The van der Waals surface area contributed by atoms with Crippen LogP contribution in [0.3, 0.4) is 0 Å². The Hall–Kier alpha value is -4.18. The first-order valence-electron chi connectivity index (χ1n) is 13.4. The molecule has 0 aromatic heterocycles. The van der Waals surface area contributed by atoms with Crippen LogP contribution in [0.2, 0.25) is 0 Å². The SMILES string of the molecule is C=C/C=C(C=NC1C2=C(C)CC=C(C)C=C2Cc2cc(C)cc(C)c2[C@H]1N=Cc1ccccc1O)\C(O)=C/C. The van der Waals surface area contributed by atoms with Gasteiger partial charge in [-0.05, 0) is 93.5 Å². The van der Waals surface area contributed by atoms with E-state index in [1.165, 1.54) is 39.0 Å². The molecule has 2 atom stereocenters. The average molecular weight is 519 g/mol. The third-order valence-corrected chi connectivity index (χ3v) is 7.38. The highest BCUT2D eigenvalue weighted by Gasteiger charge is 2.35. The van der Waals surface area contributed by atoms with E-state index >= 15 is 0 Å². The number of phenols is 1. The van der Waals surface area contributed by atoms with Crippen molar-refractivity contribution in [2.45, 2.75) is 59.5 Å². The Balaban J connectivity index is 2.01. The highest BCUT2D eigenvalue weighted by molar-refractivity contribution is 5.85. The first-order valence-corrected chi connectivity index (χ1v) is 13.4. The Morgan fingerprint density at radius 3 is 2.54 bits per heavy atom. The zero-order valence-corrected chi connectivity index (χ0v) is 23.6. The number of allylic oxidation sites excluding steroid dienone is 8. The van der Waals surface area contributed by atoms with Gasteiger partial charge in [0.2, 0.25) is 0 Å². The van der Waals surface area contributed by atoms with Gasteiger partial charge in [0, 0.05) is 23.6 Å². The molecule has 0 saturated carbocycles. The van der Waals surface area contributed by atoms with E-state index in [1.54, 1.807) is 49.7 Å². The number of para-hydroxylation sites is 1. The maximum Gasteiger partial charge on any atom is 0.124 e. The summed E-state index contributed by atoms with van der Waals surface area (Å²) in [5, 5.41) is 21.0. The molecule has 0 heterocycles. The quantitative estimate of drug-likeness (QED) is 0.229. The molecule has 2 aliphatic rings. The van der Waals surface area contributed by atoms with Crippen LogP contribution in [-0.2, 0) is 6.42 Å². The first kappa shape index (κ1) is 27.8. The lowest BCUT2D eigenvalue weighted by Gasteiger charge is -2.25. The van der Waals surface area contributed by atoms with E-state index in [0.29, 0.717) is 11.1 Å². The van der Waals surface area contributed by atoms with Crippen LogP contribution in [-0.4, -0.2) is 28.7 Å². The minimum absolute atomic E-state index is 0.147. The van der Waals surface area contributed by atoms with Crippen molar-refractivity contribution in [2.75, 3.05) is 0 Å². The number of phenolic OH excluding ortho intramolecular Hbond substituents is 1. The summed E-state index contributed by atoms with van der Waals surface area (Å²) in [7, 11) is 0. The second-order valence-corrected chi connectivity index (χ2v) is 10.4. The van der Waals surface area contributed by atoms with Gasteiger partial charge < -0.3 is 10.2 Å². The van der Waals surface area contributed by atoms with Crippen LogP contribution in [0.15, 0.2) is 117 Å². The number of nitrogens with zero attached hydrogens (tertiary/aromatic N) is 2. The van der Waals surface area contributed by atoms with Crippen LogP contribution >= 0.6 is 0 Å². The van der Waals surface area contributed by atoms with Crippen LogP contribution in [0.4, 0.5) is 0 Å². The van der Waals surface area contributed by atoms with Crippen molar-refractivity contribution in [2.24, 2.45) is 9.98 Å². The number of rotatable bonds is 6. The van der Waals surface area contributed by atoms with Gasteiger partial charge in [-0.1, -0.05) is 71.9 Å². The molecule has 0 spiro atoms.